The zero-order valence-corrected chi connectivity index (χ0v) is 20.3. The van der Waals surface area contributed by atoms with Crippen LogP contribution in [0.5, 0.6) is 5.75 Å². The molecule has 0 aliphatic heterocycles. The van der Waals surface area contributed by atoms with Gasteiger partial charge in [-0.1, -0.05) is 19.1 Å². The summed E-state index contributed by atoms with van der Waals surface area (Å²) >= 11 is 0. The second-order valence-electron chi connectivity index (χ2n) is 9.17. The molecule has 4 rings (SSSR count). The molecule has 0 aromatic carbocycles. The van der Waals surface area contributed by atoms with Gasteiger partial charge in [0, 0.05) is 7.05 Å². The number of hydrogen-bond donors (Lipinski definition) is 2. The number of aryl methyl sites for hydroxylation is 2. The monoisotopic (exact) mass is 483 g/mol. The number of nitrogens with zero attached hydrogens (tertiary/aromatic N) is 6. The van der Waals surface area contributed by atoms with E-state index in [-0.39, 0.29) is 17.9 Å². The van der Waals surface area contributed by atoms with Crippen LogP contribution in [0.3, 0.4) is 0 Å². The van der Waals surface area contributed by atoms with E-state index in [2.05, 4.69) is 30.6 Å². The number of nitrogens with one attached hydrogen (secondary N) is 1. The molecule has 0 bridgehead atoms. The van der Waals surface area contributed by atoms with Crippen LogP contribution in [0.25, 0.3) is 11.4 Å². The van der Waals surface area contributed by atoms with E-state index in [4.69, 9.17) is 4.74 Å². The fourth-order valence-corrected chi connectivity index (χ4v) is 4.27. The van der Waals surface area contributed by atoms with E-state index in [1.54, 1.807) is 11.7 Å². The third kappa shape index (κ3) is 5.55. The number of anilines is 1. The maximum atomic E-state index is 13.9. The zero-order valence-electron chi connectivity index (χ0n) is 20.3. The summed E-state index contributed by atoms with van der Waals surface area (Å²) in [6.45, 7) is 5.92. The van der Waals surface area contributed by atoms with Crippen molar-refractivity contribution < 1.29 is 19.0 Å². The van der Waals surface area contributed by atoms with Crippen LogP contribution >= 0.6 is 0 Å². The van der Waals surface area contributed by atoms with E-state index in [0.29, 0.717) is 53.9 Å². The minimum atomic E-state index is -0.765. The first-order valence-corrected chi connectivity index (χ1v) is 11.7. The summed E-state index contributed by atoms with van der Waals surface area (Å²) in [5, 5.41) is 20.9. The highest BCUT2D eigenvalue weighted by molar-refractivity contribution is 5.70. The predicted octanol–water partition coefficient (Wildman–Crippen LogP) is 3.87. The van der Waals surface area contributed by atoms with Crippen molar-refractivity contribution in [2.45, 2.75) is 65.0 Å². The molecule has 0 radical (unpaired) electrons. The number of rotatable bonds is 8. The number of hydrogen-bond acceptors (Lipinski definition) is 8. The van der Waals surface area contributed by atoms with Gasteiger partial charge < -0.3 is 15.2 Å². The quantitative estimate of drug-likeness (QED) is 0.490. The molecule has 0 saturated heterocycles. The van der Waals surface area contributed by atoms with E-state index >= 15 is 0 Å². The number of carboxylic acids is 1. The molecule has 1 fully saturated rings. The Morgan fingerprint density at radius 1 is 1.31 bits per heavy atom. The van der Waals surface area contributed by atoms with Crippen molar-refractivity contribution in [2.75, 3.05) is 5.32 Å². The molecule has 186 valence electrons. The maximum absolute atomic E-state index is 13.9. The van der Waals surface area contributed by atoms with Crippen molar-refractivity contribution in [3.8, 4) is 17.1 Å². The van der Waals surface area contributed by atoms with Gasteiger partial charge in [-0.25, -0.2) is 24.0 Å². The van der Waals surface area contributed by atoms with Gasteiger partial charge in [0.1, 0.15) is 11.4 Å². The molecule has 3 aromatic heterocycles. The Morgan fingerprint density at radius 3 is 2.83 bits per heavy atom. The van der Waals surface area contributed by atoms with Gasteiger partial charge in [0.25, 0.3) is 0 Å². The Kier molecular flexibility index (Phi) is 7.23. The summed E-state index contributed by atoms with van der Waals surface area (Å²) in [5.74, 6) is -0.667. The van der Waals surface area contributed by atoms with Crippen molar-refractivity contribution in [3.63, 3.8) is 0 Å². The SMILES string of the molecule is Cc1nc(-c2nnn(C)c2CNc2ncc(F)c(C(C)C)n2)ccc1O[C@H]1CCC[C@H](C(=O)O)C1. The smallest absolute Gasteiger partial charge is 0.306 e. The molecule has 10 nitrogen and oxygen atoms in total. The van der Waals surface area contributed by atoms with Crippen LogP contribution in [-0.2, 0) is 18.4 Å². The fraction of sp³-hybridized carbons (Fsp3) is 0.500. The number of aliphatic carboxylic acids is 1. The second-order valence-corrected chi connectivity index (χ2v) is 9.17. The molecule has 3 heterocycles. The summed E-state index contributed by atoms with van der Waals surface area (Å²) in [7, 11) is 1.78. The Labute approximate surface area is 203 Å². The van der Waals surface area contributed by atoms with E-state index in [1.165, 1.54) is 6.20 Å². The van der Waals surface area contributed by atoms with Crippen LogP contribution in [0, 0.1) is 18.7 Å². The van der Waals surface area contributed by atoms with E-state index in [0.717, 1.165) is 18.5 Å². The van der Waals surface area contributed by atoms with Gasteiger partial charge in [-0.2, -0.15) is 0 Å². The van der Waals surface area contributed by atoms with Crippen LogP contribution in [0.2, 0.25) is 0 Å². The van der Waals surface area contributed by atoms with Crippen molar-refractivity contribution in [2.24, 2.45) is 13.0 Å². The lowest BCUT2D eigenvalue weighted by atomic mass is 9.87. The van der Waals surface area contributed by atoms with Gasteiger partial charge in [-0.15, -0.1) is 5.10 Å². The van der Waals surface area contributed by atoms with Crippen molar-refractivity contribution >= 4 is 11.9 Å². The number of carboxylic acid groups (broad SMARTS) is 1. The summed E-state index contributed by atoms with van der Waals surface area (Å²) in [4.78, 5) is 24.3. The van der Waals surface area contributed by atoms with Gasteiger partial charge in [0.05, 0.1) is 47.5 Å². The van der Waals surface area contributed by atoms with Gasteiger partial charge in [-0.3, -0.25) is 4.79 Å². The molecule has 1 saturated carbocycles. The average molecular weight is 484 g/mol. The topological polar surface area (TPSA) is 128 Å². The lowest BCUT2D eigenvalue weighted by molar-refractivity contribution is -0.143. The third-order valence-corrected chi connectivity index (χ3v) is 6.22. The average Bonchev–Trinajstić information content (AvgIpc) is 3.20. The lowest BCUT2D eigenvalue weighted by Gasteiger charge is -2.27. The molecule has 0 unspecified atom stereocenters. The minimum absolute atomic E-state index is 0.0657. The van der Waals surface area contributed by atoms with Crippen LogP contribution in [0.1, 0.15) is 62.5 Å². The summed E-state index contributed by atoms with van der Waals surface area (Å²) in [6, 6.07) is 3.66. The Bertz CT molecular complexity index is 1210. The van der Waals surface area contributed by atoms with E-state index in [1.807, 2.05) is 32.9 Å². The molecule has 1 aliphatic carbocycles. The molecular weight excluding hydrogens is 453 g/mol. The Balaban J connectivity index is 1.49. The number of pyridine rings is 1. The Morgan fingerprint density at radius 2 is 2.11 bits per heavy atom. The molecular formula is C24H30FN7O3. The van der Waals surface area contributed by atoms with Crippen molar-refractivity contribution in [1.82, 2.24) is 29.9 Å². The molecule has 0 spiro atoms. The number of halogens is 1. The molecule has 1 aliphatic rings. The zero-order chi connectivity index (χ0) is 25.1. The lowest BCUT2D eigenvalue weighted by Crippen LogP contribution is -2.29. The van der Waals surface area contributed by atoms with Crippen LogP contribution in [0.4, 0.5) is 10.3 Å². The van der Waals surface area contributed by atoms with Crippen molar-refractivity contribution in [3.05, 3.63) is 41.2 Å². The summed E-state index contributed by atoms with van der Waals surface area (Å²) in [6.07, 6.45) is 3.88. The van der Waals surface area contributed by atoms with Gasteiger partial charge in [0.15, 0.2) is 5.82 Å². The highest BCUT2D eigenvalue weighted by atomic mass is 19.1. The predicted molar refractivity (Wildman–Crippen MR) is 126 cm³/mol. The largest absolute Gasteiger partial charge is 0.489 e. The first-order valence-electron chi connectivity index (χ1n) is 11.7. The molecule has 2 atom stereocenters. The molecule has 3 aromatic rings. The maximum Gasteiger partial charge on any atom is 0.306 e. The highest BCUT2D eigenvalue weighted by Gasteiger charge is 2.28. The van der Waals surface area contributed by atoms with E-state index < -0.39 is 11.8 Å². The van der Waals surface area contributed by atoms with Gasteiger partial charge in [0.2, 0.25) is 5.95 Å². The van der Waals surface area contributed by atoms with Crippen LogP contribution < -0.4 is 10.1 Å². The number of ether oxygens (including phenoxy) is 1. The summed E-state index contributed by atoms with van der Waals surface area (Å²) < 4.78 is 21.7. The first-order chi connectivity index (χ1) is 16.7. The molecule has 0 amide bonds. The van der Waals surface area contributed by atoms with Crippen LogP contribution in [0.15, 0.2) is 18.3 Å². The number of aromatic nitrogens is 6. The molecule has 35 heavy (non-hydrogen) atoms. The normalized spacial score (nSPS) is 18.0. The Hall–Kier alpha value is -3.63. The minimum Gasteiger partial charge on any atom is -0.489 e. The third-order valence-electron chi connectivity index (χ3n) is 6.22. The van der Waals surface area contributed by atoms with Gasteiger partial charge >= 0.3 is 5.97 Å². The standard InChI is InChI=1S/C24H30FN7O3/c1-13(2)21-17(25)11-26-24(29-21)27-12-19-22(30-31-32(19)4)18-8-9-20(14(3)28-18)35-16-7-5-6-15(10-16)23(33)34/h8-9,11,13,15-16H,5-7,10,12H2,1-4H3,(H,33,34)(H,26,27,29)/t15-,16-/m0/s1. The van der Waals surface area contributed by atoms with Crippen LogP contribution in [-0.4, -0.2) is 47.1 Å². The fourth-order valence-electron chi connectivity index (χ4n) is 4.27. The first kappa shape index (κ1) is 24.5. The van der Waals surface area contributed by atoms with Crippen molar-refractivity contribution in [1.29, 1.82) is 0 Å². The van der Waals surface area contributed by atoms with Gasteiger partial charge in [-0.05, 0) is 50.7 Å². The highest BCUT2D eigenvalue weighted by Crippen LogP contribution is 2.30. The molecule has 2 N–H and O–H groups in total. The number of carbonyl (C=O) groups is 1. The molecule has 11 heteroatoms. The summed E-state index contributed by atoms with van der Waals surface area (Å²) in [5.41, 5.74) is 3.04. The van der Waals surface area contributed by atoms with E-state index in [9.17, 15) is 14.3 Å². The second kappa shape index (κ2) is 10.3.